The molecule has 1 aromatic carbocycles. The van der Waals surface area contributed by atoms with E-state index in [1.165, 1.54) is 10.9 Å². The summed E-state index contributed by atoms with van der Waals surface area (Å²) in [5.74, 6) is 0.173. The minimum atomic E-state index is 0.173. The number of fused-ring (bicyclic) bond motifs is 1. The summed E-state index contributed by atoms with van der Waals surface area (Å²) >= 11 is 0. The molecule has 4 nitrogen and oxygen atoms in total. The van der Waals surface area contributed by atoms with Gasteiger partial charge in [-0.15, -0.1) is 0 Å². The van der Waals surface area contributed by atoms with Crippen LogP contribution in [0.25, 0.3) is 10.9 Å². The lowest BCUT2D eigenvalue weighted by Crippen LogP contribution is -2.33. The third kappa shape index (κ3) is 3.02. The largest absolute Gasteiger partial charge is 0.342 e. The van der Waals surface area contributed by atoms with Gasteiger partial charge in [-0.25, -0.2) is 0 Å². The van der Waals surface area contributed by atoms with E-state index in [1.54, 1.807) is 0 Å². The SMILES string of the molecule is CCN(CC)C(=O)Cn1ccc2ccc(CNC)cc21. The molecule has 0 bridgehead atoms. The number of aromatic nitrogens is 1. The van der Waals surface area contributed by atoms with Crippen LogP contribution in [0.15, 0.2) is 30.5 Å². The van der Waals surface area contributed by atoms with Gasteiger partial charge in [0.05, 0.1) is 0 Å². The number of benzene rings is 1. The van der Waals surface area contributed by atoms with Gasteiger partial charge < -0.3 is 14.8 Å². The number of likely N-dealkylation sites (N-methyl/N-ethyl adjacent to an activating group) is 1. The van der Waals surface area contributed by atoms with Crippen molar-refractivity contribution in [3.63, 3.8) is 0 Å². The van der Waals surface area contributed by atoms with Gasteiger partial charge in [-0.1, -0.05) is 12.1 Å². The first-order valence-corrected chi connectivity index (χ1v) is 7.19. The van der Waals surface area contributed by atoms with Crippen LogP contribution >= 0.6 is 0 Å². The van der Waals surface area contributed by atoms with E-state index in [0.29, 0.717) is 6.54 Å². The van der Waals surface area contributed by atoms with Gasteiger partial charge in [0, 0.05) is 31.3 Å². The molecule has 0 atom stereocenters. The first kappa shape index (κ1) is 14.6. The van der Waals surface area contributed by atoms with Crippen LogP contribution in [0.1, 0.15) is 19.4 Å². The highest BCUT2D eigenvalue weighted by Gasteiger charge is 2.11. The van der Waals surface area contributed by atoms with Gasteiger partial charge in [0.15, 0.2) is 0 Å². The molecule has 108 valence electrons. The molecule has 20 heavy (non-hydrogen) atoms. The number of carbonyl (C=O) groups is 1. The Morgan fingerprint density at radius 1 is 1.25 bits per heavy atom. The molecule has 0 fully saturated rings. The van der Waals surface area contributed by atoms with Gasteiger partial charge in [-0.05, 0) is 44.0 Å². The van der Waals surface area contributed by atoms with Gasteiger partial charge >= 0.3 is 0 Å². The molecule has 0 unspecified atom stereocenters. The predicted octanol–water partition coefficient (Wildman–Crippen LogP) is 2.23. The molecular formula is C16H23N3O. The predicted molar refractivity (Wildman–Crippen MR) is 82.6 cm³/mol. The Labute approximate surface area is 120 Å². The summed E-state index contributed by atoms with van der Waals surface area (Å²) in [4.78, 5) is 14.1. The van der Waals surface area contributed by atoms with E-state index in [2.05, 4.69) is 29.6 Å². The van der Waals surface area contributed by atoms with E-state index in [-0.39, 0.29) is 5.91 Å². The number of rotatable bonds is 6. The summed E-state index contributed by atoms with van der Waals surface area (Å²) in [5, 5.41) is 4.33. The number of amides is 1. The molecule has 1 amide bonds. The molecule has 0 aliphatic heterocycles. The summed E-state index contributed by atoms with van der Waals surface area (Å²) in [6.07, 6.45) is 2.00. The Morgan fingerprint density at radius 3 is 2.65 bits per heavy atom. The lowest BCUT2D eigenvalue weighted by atomic mass is 10.1. The highest BCUT2D eigenvalue weighted by atomic mass is 16.2. The molecule has 0 aliphatic carbocycles. The maximum atomic E-state index is 12.2. The van der Waals surface area contributed by atoms with Crippen molar-refractivity contribution in [1.29, 1.82) is 0 Å². The Balaban J connectivity index is 2.25. The molecule has 1 aromatic heterocycles. The molecule has 1 N–H and O–H groups in total. The summed E-state index contributed by atoms with van der Waals surface area (Å²) in [6.45, 7) is 6.80. The number of carbonyl (C=O) groups excluding carboxylic acids is 1. The highest BCUT2D eigenvalue weighted by Crippen LogP contribution is 2.18. The van der Waals surface area contributed by atoms with Crippen LogP contribution in [0, 0.1) is 0 Å². The molecule has 1 heterocycles. The zero-order chi connectivity index (χ0) is 14.5. The number of nitrogens with zero attached hydrogens (tertiary/aromatic N) is 2. The number of hydrogen-bond acceptors (Lipinski definition) is 2. The maximum Gasteiger partial charge on any atom is 0.242 e. The maximum absolute atomic E-state index is 12.2. The average molecular weight is 273 g/mol. The van der Waals surface area contributed by atoms with Crippen molar-refractivity contribution in [3.05, 3.63) is 36.0 Å². The molecule has 2 aromatic rings. The van der Waals surface area contributed by atoms with E-state index in [1.807, 2.05) is 36.6 Å². The molecule has 0 aliphatic rings. The Kier molecular flexibility index (Phi) is 4.79. The Morgan fingerprint density at radius 2 is 2.00 bits per heavy atom. The lowest BCUT2D eigenvalue weighted by molar-refractivity contribution is -0.131. The third-order valence-corrected chi connectivity index (χ3v) is 3.64. The molecule has 0 saturated carbocycles. The summed E-state index contributed by atoms with van der Waals surface area (Å²) < 4.78 is 2.04. The second-order valence-electron chi connectivity index (χ2n) is 4.93. The first-order chi connectivity index (χ1) is 9.69. The summed E-state index contributed by atoms with van der Waals surface area (Å²) in [6, 6.07) is 8.45. The van der Waals surface area contributed by atoms with E-state index in [9.17, 15) is 4.79 Å². The van der Waals surface area contributed by atoms with Crippen molar-refractivity contribution in [3.8, 4) is 0 Å². The molecule has 0 radical (unpaired) electrons. The second-order valence-corrected chi connectivity index (χ2v) is 4.93. The standard InChI is InChI=1S/C16H23N3O/c1-4-18(5-2)16(20)12-19-9-8-14-7-6-13(11-17-3)10-15(14)19/h6-10,17H,4-5,11-12H2,1-3H3. The van der Waals surface area contributed by atoms with Crippen LogP contribution in [0.2, 0.25) is 0 Å². The minimum absolute atomic E-state index is 0.173. The summed E-state index contributed by atoms with van der Waals surface area (Å²) in [5.41, 5.74) is 2.36. The smallest absolute Gasteiger partial charge is 0.242 e. The molecule has 0 saturated heterocycles. The van der Waals surface area contributed by atoms with Crippen LogP contribution in [-0.2, 0) is 17.9 Å². The lowest BCUT2D eigenvalue weighted by Gasteiger charge is -2.19. The van der Waals surface area contributed by atoms with Crippen LogP contribution in [0.4, 0.5) is 0 Å². The van der Waals surface area contributed by atoms with E-state index >= 15 is 0 Å². The zero-order valence-corrected chi connectivity index (χ0v) is 12.5. The van der Waals surface area contributed by atoms with Crippen molar-refractivity contribution in [2.75, 3.05) is 20.1 Å². The van der Waals surface area contributed by atoms with Crippen LogP contribution < -0.4 is 5.32 Å². The topological polar surface area (TPSA) is 37.3 Å². The molecule has 0 spiro atoms. The van der Waals surface area contributed by atoms with Crippen LogP contribution in [-0.4, -0.2) is 35.5 Å². The van der Waals surface area contributed by atoms with Crippen molar-refractivity contribution >= 4 is 16.8 Å². The molecule has 4 heteroatoms. The fourth-order valence-corrected chi connectivity index (χ4v) is 2.50. The van der Waals surface area contributed by atoms with E-state index in [0.717, 1.165) is 25.2 Å². The Hall–Kier alpha value is -1.81. The van der Waals surface area contributed by atoms with E-state index < -0.39 is 0 Å². The highest BCUT2D eigenvalue weighted by molar-refractivity contribution is 5.83. The van der Waals surface area contributed by atoms with Gasteiger partial charge in [0.25, 0.3) is 0 Å². The van der Waals surface area contributed by atoms with Crippen molar-refractivity contribution in [2.24, 2.45) is 0 Å². The monoisotopic (exact) mass is 273 g/mol. The third-order valence-electron chi connectivity index (χ3n) is 3.64. The van der Waals surface area contributed by atoms with Crippen molar-refractivity contribution < 1.29 is 4.79 Å². The first-order valence-electron chi connectivity index (χ1n) is 7.19. The van der Waals surface area contributed by atoms with Crippen LogP contribution in [0.5, 0.6) is 0 Å². The summed E-state index contributed by atoms with van der Waals surface area (Å²) in [7, 11) is 1.94. The fraction of sp³-hybridized carbons (Fsp3) is 0.438. The fourth-order valence-electron chi connectivity index (χ4n) is 2.50. The molecule has 2 rings (SSSR count). The van der Waals surface area contributed by atoms with Crippen LogP contribution in [0.3, 0.4) is 0 Å². The van der Waals surface area contributed by atoms with Gasteiger partial charge in [0.2, 0.25) is 5.91 Å². The quantitative estimate of drug-likeness (QED) is 0.876. The number of hydrogen-bond donors (Lipinski definition) is 1. The van der Waals surface area contributed by atoms with Crippen molar-refractivity contribution in [1.82, 2.24) is 14.8 Å². The van der Waals surface area contributed by atoms with Gasteiger partial charge in [0.1, 0.15) is 6.54 Å². The minimum Gasteiger partial charge on any atom is -0.342 e. The normalized spacial score (nSPS) is 10.9. The van der Waals surface area contributed by atoms with Gasteiger partial charge in [-0.3, -0.25) is 4.79 Å². The molecular weight excluding hydrogens is 250 g/mol. The van der Waals surface area contributed by atoms with E-state index in [4.69, 9.17) is 0 Å². The average Bonchev–Trinajstić information content (AvgIpc) is 2.83. The van der Waals surface area contributed by atoms with Gasteiger partial charge in [-0.2, -0.15) is 0 Å². The second kappa shape index (κ2) is 6.57. The Bertz CT molecular complexity index is 584. The number of nitrogens with one attached hydrogen (secondary N) is 1. The zero-order valence-electron chi connectivity index (χ0n) is 12.5. The van der Waals surface area contributed by atoms with Crippen molar-refractivity contribution in [2.45, 2.75) is 26.9 Å².